The van der Waals surface area contributed by atoms with Crippen LogP contribution in [0.5, 0.6) is 17.2 Å². The molecule has 3 fully saturated rings. The van der Waals surface area contributed by atoms with Crippen LogP contribution in [0.4, 0.5) is 28.4 Å². The van der Waals surface area contributed by atoms with E-state index in [0.29, 0.717) is 28.3 Å². The predicted molar refractivity (Wildman–Crippen MR) is 206 cm³/mol. The number of amides is 4. The van der Waals surface area contributed by atoms with Crippen molar-refractivity contribution in [2.24, 2.45) is 39.3 Å². The molecule has 6 atom stereocenters. The highest BCUT2D eigenvalue weighted by Crippen LogP contribution is 2.65. The minimum Gasteiger partial charge on any atom is -0.508 e. The largest absolute Gasteiger partial charge is 0.508 e. The van der Waals surface area contributed by atoms with Gasteiger partial charge in [-0.3, -0.25) is 24.1 Å². The van der Waals surface area contributed by atoms with Gasteiger partial charge in [-0.2, -0.15) is 10.2 Å². The Morgan fingerprint density at radius 1 is 0.745 bits per heavy atom. The van der Waals surface area contributed by atoms with E-state index in [-0.39, 0.29) is 53.7 Å². The van der Waals surface area contributed by atoms with Crippen molar-refractivity contribution in [3.05, 3.63) is 108 Å². The van der Waals surface area contributed by atoms with Crippen LogP contribution in [-0.2, 0) is 19.2 Å². The number of hydrogen-bond donors (Lipinski definition) is 1. The lowest BCUT2D eigenvalue weighted by molar-refractivity contribution is -0.131. The molecule has 6 unspecified atom stereocenters. The van der Waals surface area contributed by atoms with Crippen LogP contribution in [0.2, 0.25) is 0 Å². The number of imide groups is 2. The number of allylic oxidation sites excluding steroid dienone is 2. The quantitative estimate of drug-likeness (QED) is 0.113. The zero-order chi connectivity index (χ0) is 38.8. The Morgan fingerprint density at radius 3 is 1.91 bits per heavy atom. The van der Waals surface area contributed by atoms with Crippen LogP contribution >= 0.6 is 0 Å². The third kappa shape index (κ3) is 5.57. The van der Waals surface area contributed by atoms with Crippen molar-refractivity contribution in [2.75, 3.05) is 43.0 Å². The Morgan fingerprint density at radius 2 is 1.33 bits per heavy atom. The molecule has 12 heteroatoms. The van der Waals surface area contributed by atoms with Crippen molar-refractivity contribution in [1.29, 1.82) is 0 Å². The van der Waals surface area contributed by atoms with Gasteiger partial charge in [-0.05, 0) is 86.3 Å². The summed E-state index contributed by atoms with van der Waals surface area (Å²) in [7, 11) is 6.86. The van der Waals surface area contributed by atoms with E-state index in [0.717, 1.165) is 11.3 Å². The number of hydrogen-bond acceptors (Lipinski definition) is 10. The van der Waals surface area contributed by atoms with E-state index in [1.807, 2.05) is 55.4 Å². The molecule has 0 bridgehead atoms. The lowest BCUT2D eigenvalue weighted by Gasteiger charge is -2.49. The minimum atomic E-state index is -1.32. The number of carbonyl (C=O) groups excluding carboxylic acids is 4. The third-order valence-corrected chi connectivity index (χ3v) is 11.9. The van der Waals surface area contributed by atoms with Gasteiger partial charge in [0.1, 0.15) is 17.2 Å². The fourth-order valence-corrected chi connectivity index (χ4v) is 9.21. The third-order valence-electron chi connectivity index (χ3n) is 11.9. The maximum atomic E-state index is 14.8. The van der Waals surface area contributed by atoms with Crippen LogP contribution in [-0.4, -0.2) is 57.1 Å². The maximum absolute atomic E-state index is 14.8. The molecule has 0 aromatic heterocycles. The Balaban J connectivity index is 1.16. The number of nitrogens with zero attached hydrogens (tertiary/aromatic N) is 5. The van der Waals surface area contributed by atoms with Gasteiger partial charge in [-0.1, -0.05) is 29.8 Å². The second kappa shape index (κ2) is 13.5. The Kier molecular flexibility index (Phi) is 8.78. The second-order valence-corrected chi connectivity index (χ2v) is 14.9. The van der Waals surface area contributed by atoms with E-state index in [1.165, 1.54) is 36.2 Å². The van der Waals surface area contributed by atoms with Crippen molar-refractivity contribution in [3.63, 3.8) is 0 Å². The van der Waals surface area contributed by atoms with Gasteiger partial charge < -0.3 is 19.5 Å². The average molecular weight is 740 g/mol. The molecular weight excluding hydrogens is 699 g/mol. The number of ether oxygens (including phenoxy) is 2. The van der Waals surface area contributed by atoms with E-state index in [2.05, 4.69) is 10.2 Å². The smallest absolute Gasteiger partial charge is 0.241 e. The van der Waals surface area contributed by atoms with Crippen LogP contribution in [0.3, 0.4) is 0 Å². The van der Waals surface area contributed by atoms with Crippen molar-refractivity contribution >= 4 is 52.1 Å². The fourth-order valence-electron chi connectivity index (χ4n) is 9.21. The Bertz CT molecular complexity index is 2250. The Labute approximate surface area is 318 Å². The first-order valence-electron chi connectivity index (χ1n) is 18.2. The summed E-state index contributed by atoms with van der Waals surface area (Å²) in [4.78, 5) is 62.5. The fraction of sp³-hybridized carbons (Fsp3) is 0.302. The van der Waals surface area contributed by atoms with Crippen molar-refractivity contribution in [3.8, 4) is 17.2 Å². The molecule has 0 radical (unpaired) electrons. The number of para-hydroxylation sites is 1. The summed E-state index contributed by atoms with van der Waals surface area (Å²) >= 11 is 0. The molecule has 1 saturated carbocycles. The topological polar surface area (TPSA) is 141 Å². The molecule has 2 aliphatic carbocycles. The summed E-state index contributed by atoms with van der Waals surface area (Å²) in [5.74, 6) is -4.55. The lowest BCUT2D eigenvalue weighted by atomic mass is 9.51. The number of carbonyl (C=O) groups is 4. The first-order chi connectivity index (χ1) is 26.5. The molecule has 4 aromatic carbocycles. The molecule has 2 saturated heterocycles. The van der Waals surface area contributed by atoms with E-state index < -0.39 is 35.0 Å². The maximum Gasteiger partial charge on any atom is 0.241 e. The summed E-state index contributed by atoms with van der Waals surface area (Å²) in [5.41, 5.74) is 3.11. The van der Waals surface area contributed by atoms with Gasteiger partial charge in [-0.15, -0.1) is 0 Å². The highest BCUT2D eigenvalue weighted by Gasteiger charge is 2.68. The Hall–Kier alpha value is -6.30. The van der Waals surface area contributed by atoms with Crippen molar-refractivity contribution in [2.45, 2.75) is 25.7 Å². The number of azo groups is 1. The summed E-state index contributed by atoms with van der Waals surface area (Å²) < 4.78 is 11.6. The van der Waals surface area contributed by atoms with Crippen LogP contribution in [0.15, 0.2) is 113 Å². The molecule has 2 heterocycles. The van der Waals surface area contributed by atoms with Crippen LogP contribution in [0, 0.1) is 29.1 Å². The first kappa shape index (κ1) is 35.7. The van der Waals surface area contributed by atoms with Gasteiger partial charge in [0.05, 0.1) is 60.1 Å². The highest BCUT2D eigenvalue weighted by atomic mass is 16.5. The van der Waals surface area contributed by atoms with E-state index >= 15 is 0 Å². The van der Waals surface area contributed by atoms with Crippen LogP contribution in [0.25, 0.3) is 0 Å². The molecule has 2 aliphatic heterocycles. The van der Waals surface area contributed by atoms with E-state index in [9.17, 15) is 24.3 Å². The highest BCUT2D eigenvalue weighted by molar-refractivity contribution is 6.25. The molecule has 4 aromatic rings. The average Bonchev–Trinajstić information content (AvgIpc) is 3.56. The summed E-state index contributed by atoms with van der Waals surface area (Å²) in [5, 5.41) is 19.3. The minimum absolute atomic E-state index is 0.0951. The monoisotopic (exact) mass is 739 g/mol. The molecule has 1 N–H and O–H groups in total. The number of methoxy groups -OCH3 is 2. The number of phenolic OH excluding ortho intramolecular Hbond substituents is 1. The van der Waals surface area contributed by atoms with E-state index in [1.54, 1.807) is 55.5 Å². The molecule has 8 rings (SSSR count). The normalized spacial score (nSPS) is 25.8. The SMILES string of the molecule is COc1cc(O)cc(OC)c1C1C2=CCC3C(=O)N(c4ccc(N=Nc5ccc(N(C)C)cc5)cc4)C(=O)C3C2CC2C(=O)N(c3ccccc3)C(=O)C21C. The number of aromatic hydroxyl groups is 1. The lowest BCUT2D eigenvalue weighted by Crippen LogP contribution is -2.49. The summed E-state index contributed by atoms with van der Waals surface area (Å²) in [6.45, 7) is 1.80. The number of anilines is 3. The molecule has 4 aliphatic rings. The molecule has 55 heavy (non-hydrogen) atoms. The molecular formula is C43H41N5O7. The van der Waals surface area contributed by atoms with E-state index in [4.69, 9.17) is 9.47 Å². The van der Waals surface area contributed by atoms with Gasteiger partial charge in [-0.25, -0.2) is 4.90 Å². The zero-order valence-electron chi connectivity index (χ0n) is 31.2. The van der Waals surface area contributed by atoms with Gasteiger partial charge in [0.15, 0.2) is 0 Å². The number of phenols is 1. The van der Waals surface area contributed by atoms with Gasteiger partial charge in [0.25, 0.3) is 0 Å². The first-order valence-corrected chi connectivity index (χ1v) is 18.2. The zero-order valence-corrected chi connectivity index (χ0v) is 31.2. The molecule has 4 amide bonds. The van der Waals surface area contributed by atoms with Crippen LogP contribution < -0.4 is 24.2 Å². The van der Waals surface area contributed by atoms with Gasteiger partial charge in [0, 0.05) is 43.4 Å². The van der Waals surface area contributed by atoms with Crippen molar-refractivity contribution < 1.29 is 33.8 Å². The molecule has 12 nitrogen and oxygen atoms in total. The van der Waals surface area contributed by atoms with Crippen LogP contribution in [0.1, 0.15) is 31.2 Å². The summed E-state index contributed by atoms with van der Waals surface area (Å²) in [6, 6.07) is 26.2. The number of fused-ring (bicyclic) bond motifs is 4. The predicted octanol–water partition coefficient (Wildman–Crippen LogP) is 7.33. The number of rotatable bonds is 8. The summed E-state index contributed by atoms with van der Waals surface area (Å²) in [6.07, 6.45) is 2.43. The second-order valence-electron chi connectivity index (χ2n) is 14.9. The molecule has 280 valence electrons. The van der Waals surface area contributed by atoms with Gasteiger partial charge >= 0.3 is 0 Å². The van der Waals surface area contributed by atoms with Crippen molar-refractivity contribution in [1.82, 2.24) is 0 Å². The number of benzene rings is 4. The standard InChI is InChI=1S/C43H41N5O7/c1-43-33(40(51)48(42(43)53)27-9-7-6-8-10-27)23-32-30(38(43)37-34(54-4)21-29(49)22-35(37)55-5)19-20-31-36(32)41(52)47(39(31)50)28-17-13-25(14-18-28)45-44-24-11-15-26(16-12-24)46(2)3/h6-19,21-22,31-33,36,38,49H,20,23H2,1-5H3. The van der Waals surface area contributed by atoms with Gasteiger partial charge in [0.2, 0.25) is 23.6 Å². The molecule has 0 spiro atoms.